The van der Waals surface area contributed by atoms with Crippen LogP contribution in [0.15, 0.2) is 12.4 Å². The lowest BCUT2D eigenvalue weighted by Gasteiger charge is -2.37. The van der Waals surface area contributed by atoms with Crippen molar-refractivity contribution in [3.8, 4) is 0 Å². The molecule has 0 fully saturated rings. The van der Waals surface area contributed by atoms with Crippen LogP contribution in [0.1, 0.15) is 44.2 Å². The van der Waals surface area contributed by atoms with E-state index >= 15 is 0 Å². The smallest absolute Gasteiger partial charge is 0.141 e. The monoisotopic (exact) mass is 290 g/mol. The topological polar surface area (TPSA) is 61.4 Å². The minimum Gasteiger partial charge on any atom is -0.255 e. The van der Waals surface area contributed by atoms with Gasteiger partial charge in [-0.15, -0.1) is 10.2 Å². The van der Waals surface area contributed by atoms with Crippen LogP contribution in [0.2, 0.25) is 5.82 Å². The first-order valence-electron chi connectivity index (χ1n) is 7.07. The van der Waals surface area contributed by atoms with E-state index in [1.807, 2.05) is 13.8 Å². The molecule has 2 rings (SSSR count). The number of aromatic nitrogens is 6. The molecule has 2 heterocycles. The van der Waals surface area contributed by atoms with Crippen molar-refractivity contribution < 1.29 is 4.39 Å². The molecule has 0 bridgehead atoms. The average Bonchev–Trinajstić information content (AvgIpc) is 3.09. The maximum atomic E-state index is 14.8. The van der Waals surface area contributed by atoms with Crippen molar-refractivity contribution in [1.29, 1.82) is 0 Å². The van der Waals surface area contributed by atoms with Crippen molar-refractivity contribution in [2.24, 2.45) is 14.1 Å². The lowest BCUT2D eigenvalue weighted by molar-refractivity contribution is 0.224. The average molecular weight is 290 g/mol. The van der Waals surface area contributed by atoms with Gasteiger partial charge in [-0.3, -0.25) is 9.36 Å². The number of nitrogens with zero attached hydrogens (tertiary/aromatic N) is 6. The highest BCUT2D eigenvalue weighted by Gasteiger charge is 2.42. The lowest BCUT2D eigenvalue weighted by Crippen LogP contribution is -2.33. The van der Waals surface area contributed by atoms with E-state index in [1.165, 1.54) is 4.68 Å². The molecule has 112 valence electrons. The van der Waals surface area contributed by atoms with Gasteiger partial charge in [0.1, 0.15) is 11.9 Å². The fraction of sp³-hybridized carbons (Fsp3) is 0.692. The highest BCUT2D eigenvalue weighted by atomic mass is 19.1. The van der Waals surface area contributed by atoms with Gasteiger partial charge in [0.2, 0.25) is 0 Å². The fourth-order valence-electron chi connectivity index (χ4n) is 2.79. The van der Waals surface area contributed by atoms with Crippen LogP contribution in [-0.2, 0) is 19.5 Å². The molecule has 2 radical (unpaired) electrons. The van der Waals surface area contributed by atoms with Crippen LogP contribution >= 0.6 is 0 Å². The highest BCUT2D eigenvalue weighted by Crippen LogP contribution is 2.47. The second-order valence-corrected chi connectivity index (χ2v) is 5.39. The first kappa shape index (κ1) is 15.7. The van der Waals surface area contributed by atoms with Crippen molar-refractivity contribution in [3.05, 3.63) is 23.8 Å². The Bertz CT molecular complexity index is 591. The third-order valence-electron chi connectivity index (χ3n) is 4.23. The van der Waals surface area contributed by atoms with Crippen LogP contribution in [0.3, 0.4) is 0 Å². The Labute approximate surface area is 125 Å². The zero-order valence-corrected chi connectivity index (χ0v) is 12.9. The van der Waals surface area contributed by atoms with Crippen molar-refractivity contribution in [2.45, 2.75) is 44.1 Å². The molecule has 0 aliphatic rings. The van der Waals surface area contributed by atoms with Crippen molar-refractivity contribution >= 4 is 7.85 Å². The SMILES string of the molecule is [B]C(C(F)c1cn(C)nn1)C(CC)(CC)c1cn(C)nn1. The number of halogens is 1. The Morgan fingerprint density at radius 2 is 1.71 bits per heavy atom. The van der Waals surface area contributed by atoms with Gasteiger partial charge in [-0.25, -0.2) is 4.39 Å². The van der Waals surface area contributed by atoms with E-state index in [9.17, 15) is 4.39 Å². The summed E-state index contributed by atoms with van der Waals surface area (Å²) in [6.07, 6.45) is 3.29. The van der Waals surface area contributed by atoms with Crippen LogP contribution in [0.5, 0.6) is 0 Å². The Balaban J connectivity index is 2.37. The van der Waals surface area contributed by atoms with E-state index < -0.39 is 17.4 Å². The van der Waals surface area contributed by atoms with E-state index in [0.29, 0.717) is 18.5 Å². The zero-order valence-electron chi connectivity index (χ0n) is 12.9. The molecule has 2 aromatic rings. The minimum atomic E-state index is -1.40. The van der Waals surface area contributed by atoms with Gasteiger partial charge in [-0.2, -0.15) is 0 Å². The van der Waals surface area contributed by atoms with Crippen LogP contribution in [0.25, 0.3) is 0 Å². The summed E-state index contributed by atoms with van der Waals surface area (Å²) >= 11 is 0. The first-order valence-corrected chi connectivity index (χ1v) is 7.07. The molecule has 0 aliphatic carbocycles. The second-order valence-electron chi connectivity index (χ2n) is 5.39. The fourth-order valence-corrected chi connectivity index (χ4v) is 2.79. The molecule has 2 atom stereocenters. The number of aryl methyl sites for hydroxylation is 2. The summed E-state index contributed by atoms with van der Waals surface area (Å²) in [5, 5.41) is 15.7. The van der Waals surface area contributed by atoms with E-state index in [-0.39, 0.29) is 5.69 Å². The molecule has 2 unspecified atom stereocenters. The van der Waals surface area contributed by atoms with Gasteiger partial charge >= 0.3 is 0 Å². The number of hydrogen-bond donors (Lipinski definition) is 0. The van der Waals surface area contributed by atoms with Gasteiger partial charge in [-0.05, 0) is 18.7 Å². The lowest BCUT2D eigenvalue weighted by atomic mass is 9.58. The highest BCUT2D eigenvalue weighted by molar-refractivity contribution is 6.13. The van der Waals surface area contributed by atoms with Crippen LogP contribution in [0.4, 0.5) is 4.39 Å². The Hall–Kier alpha value is -1.73. The van der Waals surface area contributed by atoms with Crippen LogP contribution in [0, 0.1) is 0 Å². The molecular formula is C13H20BFN6. The molecular weight excluding hydrogens is 270 g/mol. The molecule has 0 saturated heterocycles. The standard InChI is InChI=1S/C13H20BFN6/c1-5-13(6-2,10-8-21(4)19-17-10)12(14)11(15)9-7-20(3)18-16-9/h7-8,11-12H,5-6H2,1-4H3. The normalized spacial score (nSPS) is 15.1. The summed E-state index contributed by atoms with van der Waals surface area (Å²) < 4.78 is 17.9. The molecule has 21 heavy (non-hydrogen) atoms. The summed E-state index contributed by atoms with van der Waals surface area (Å²) in [6.45, 7) is 3.98. The summed E-state index contributed by atoms with van der Waals surface area (Å²) in [4.78, 5) is 0. The van der Waals surface area contributed by atoms with E-state index in [4.69, 9.17) is 7.85 Å². The maximum Gasteiger partial charge on any atom is 0.141 e. The molecule has 0 N–H and O–H groups in total. The molecule has 2 aromatic heterocycles. The molecule has 0 spiro atoms. The number of alkyl halides is 1. The van der Waals surface area contributed by atoms with Crippen molar-refractivity contribution in [1.82, 2.24) is 30.0 Å². The molecule has 6 nitrogen and oxygen atoms in total. The van der Waals surface area contributed by atoms with Gasteiger partial charge in [-0.1, -0.05) is 24.3 Å². The Kier molecular flexibility index (Phi) is 4.44. The molecule has 0 saturated carbocycles. The van der Waals surface area contributed by atoms with Crippen LogP contribution in [-0.4, -0.2) is 37.8 Å². The van der Waals surface area contributed by atoms with Crippen molar-refractivity contribution in [2.75, 3.05) is 0 Å². The third kappa shape index (κ3) is 2.71. The molecule has 8 heteroatoms. The number of rotatable bonds is 6. The summed E-state index contributed by atoms with van der Waals surface area (Å²) in [7, 11) is 9.76. The Morgan fingerprint density at radius 1 is 1.14 bits per heavy atom. The van der Waals surface area contributed by atoms with E-state index in [1.54, 1.807) is 31.2 Å². The molecule has 0 aliphatic heterocycles. The maximum absolute atomic E-state index is 14.8. The summed E-state index contributed by atoms with van der Waals surface area (Å²) in [6, 6.07) is 0. The van der Waals surface area contributed by atoms with Crippen molar-refractivity contribution in [3.63, 3.8) is 0 Å². The predicted molar refractivity (Wildman–Crippen MR) is 77.6 cm³/mol. The zero-order chi connectivity index (χ0) is 15.6. The molecule has 0 aromatic carbocycles. The van der Waals surface area contributed by atoms with E-state index in [2.05, 4.69) is 20.6 Å². The van der Waals surface area contributed by atoms with Gasteiger partial charge < -0.3 is 0 Å². The van der Waals surface area contributed by atoms with Crippen LogP contribution < -0.4 is 0 Å². The van der Waals surface area contributed by atoms with Gasteiger partial charge in [0.15, 0.2) is 0 Å². The minimum absolute atomic E-state index is 0.250. The van der Waals surface area contributed by atoms with Gasteiger partial charge in [0.25, 0.3) is 0 Å². The summed E-state index contributed by atoms with van der Waals surface area (Å²) in [5.41, 5.74) is 0.389. The predicted octanol–water partition coefficient (Wildman–Crippen LogP) is 1.67. The second kappa shape index (κ2) is 5.95. The molecule has 0 amide bonds. The first-order chi connectivity index (χ1) is 9.94. The third-order valence-corrected chi connectivity index (χ3v) is 4.23. The quantitative estimate of drug-likeness (QED) is 0.759. The Morgan fingerprint density at radius 3 is 2.14 bits per heavy atom. The summed E-state index contributed by atoms with van der Waals surface area (Å²) in [5.74, 6) is -0.763. The largest absolute Gasteiger partial charge is 0.255 e. The van der Waals surface area contributed by atoms with Gasteiger partial charge in [0, 0.05) is 25.7 Å². The number of hydrogen-bond acceptors (Lipinski definition) is 4. The van der Waals surface area contributed by atoms with E-state index in [0.717, 1.165) is 0 Å². The van der Waals surface area contributed by atoms with Gasteiger partial charge in [0.05, 0.1) is 19.7 Å².